The zero-order chi connectivity index (χ0) is 26.8. The minimum atomic E-state index is -0.320. The fourth-order valence-corrected chi connectivity index (χ4v) is 5.57. The zero-order valence-electron chi connectivity index (χ0n) is 21.0. The first-order valence-electron chi connectivity index (χ1n) is 12.8. The van der Waals surface area contributed by atoms with Crippen molar-refractivity contribution in [3.8, 4) is 5.69 Å². The number of nitrogens with zero attached hydrogens (tertiary/aromatic N) is 3. The van der Waals surface area contributed by atoms with E-state index in [0.29, 0.717) is 17.3 Å². The lowest BCUT2D eigenvalue weighted by atomic mass is 10.0. The van der Waals surface area contributed by atoms with Crippen LogP contribution in [0.1, 0.15) is 29.9 Å². The fourth-order valence-electron chi connectivity index (χ4n) is 5.24. The van der Waals surface area contributed by atoms with E-state index in [1.54, 1.807) is 18.3 Å². The van der Waals surface area contributed by atoms with Gasteiger partial charge in [0.1, 0.15) is 5.82 Å². The number of aromatic nitrogens is 2. The number of para-hydroxylation sites is 1. The van der Waals surface area contributed by atoms with E-state index in [1.807, 2.05) is 94.5 Å². The molecule has 0 unspecified atom stereocenters. The summed E-state index contributed by atoms with van der Waals surface area (Å²) in [6.45, 7) is 0.374. The first kappa shape index (κ1) is 24.8. The minimum absolute atomic E-state index is 0.112. The van der Waals surface area contributed by atoms with E-state index in [1.165, 1.54) is 6.07 Å². The van der Waals surface area contributed by atoms with Gasteiger partial charge in [-0.25, -0.2) is 4.39 Å². The SMILES string of the molecule is O=C(CCN1C(=S)N[C@@H](c2ccccn2)[C@H]1c1cccn1-c1ccccc1F)Nc1cccc2ccccc12. The molecule has 0 saturated carbocycles. The highest BCUT2D eigenvalue weighted by Gasteiger charge is 2.41. The summed E-state index contributed by atoms with van der Waals surface area (Å²) in [6.07, 6.45) is 3.81. The number of anilines is 1. The van der Waals surface area contributed by atoms with Crippen molar-refractivity contribution < 1.29 is 9.18 Å². The third-order valence-corrected chi connectivity index (χ3v) is 7.39. The van der Waals surface area contributed by atoms with E-state index in [0.717, 1.165) is 27.8 Å². The Morgan fingerprint density at radius 3 is 2.59 bits per heavy atom. The van der Waals surface area contributed by atoms with Crippen molar-refractivity contribution in [3.05, 3.63) is 127 Å². The molecule has 1 saturated heterocycles. The second-order valence-electron chi connectivity index (χ2n) is 9.40. The van der Waals surface area contributed by atoms with E-state index in [-0.39, 0.29) is 30.2 Å². The number of halogens is 1. The van der Waals surface area contributed by atoms with E-state index < -0.39 is 0 Å². The molecular formula is C31H26FN5OS. The molecule has 6 rings (SSSR count). The van der Waals surface area contributed by atoms with Crippen LogP contribution in [0.25, 0.3) is 16.5 Å². The predicted octanol–water partition coefficient (Wildman–Crippen LogP) is 6.17. The molecule has 3 aromatic carbocycles. The van der Waals surface area contributed by atoms with Crippen LogP contribution in [-0.4, -0.2) is 32.0 Å². The third kappa shape index (κ3) is 4.86. The molecule has 1 amide bonds. The molecule has 1 aliphatic rings. The average Bonchev–Trinajstić information content (AvgIpc) is 3.57. The van der Waals surface area contributed by atoms with Crippen molar-refractivity contribution in [3.63, 3.8) is 0 Å². The second kappa shape index (κ2) is 10.7. The quantitative estimate of drug-likeness (QED) is 0.244. The summed E-state index contributed by atoms with van der Waals surface area (Å²) < 4.78 is 16.7. The summed E-state index contributed by atoms with van der Waals surface area (Å²) in [5.74, 6) is -0.433. The van der Waals surface area contributed by atoms with Crippen molar-refractivity contribution in [2.75, 3.05) is 11.9 Å². The molecule has 5 aromatic rings. The normalized spacial score (nSPS) is 16.8. The number of carbonyl (C=O) groups excluding carboxylic acids is 1. The van der Waals surface area contributed by atoms with Crippen LogP contribution in [-0.2, 0) is 4.79 Å². The highest BCUT2D eigenvalue weighted by Crippen LogP contribution is 2.39. The molecule has 8 heteroatoms. The van der Waals surface area contributed by atoms with Crippen LogP contribution in [0.2, 0.25) is 0 Å². The molecule has 0 spiro atoms. The molecule has 6 nitrogen and oxygen atoms in total. The van der Waals surface area contributed by atoms with Crippen LogP contribution in [0.4, 0.5) is 10.1 Å². The minimum Gasteiger partial charge on any atom is -0.352 e. The van der Waals surface area contributed by atoms with Crippen molar-refractivity contribution in [1.29, 1.82) is 0 Å². The van der Waals surface area contributed by atoms with Gasteiger partial charge in [0.15, 0.2) is 5.11 Å². The van der Waals surface area contributed by atoms with Gasteiger partial charge in [-0.1, -0.05) is 54.6 Å². The number of nitrogens with one attached hydrogen (secondary N) is 2. The maximum absolute atomic E-state index is 14.8. The second-order valence-corrected chi connectivity index (χ2v) is 9.79. The molecule has 1 aliphatic heterocycles. The van der Waals surface area contributed by atoms with Gasteiger partial charge in [0.05, 0.1) is 23.5 Å². The Labute approximate surface area is 231 Å². The maximum atomic E-state index is 14.8. The van der Waals surface area contributed by atoms with Crippen LogP contribution >= 0.6 is 12.2 Å². The molecule has 2 N–H and O–H groups in total. The Kier molecular flexibility index (Phi) is 6.77. The molecule has 2 aromatic heterocycles. The monoisotopic (exact) mass is 535 g/mol. The molecule has 39 heavy (non-hydrogen) atoms. The summed E-state index contributed by atoms with van der Waals surface area (Å²) >= 11 is 5.77. The number of benzene rings is 3. The van der Waals surface area contributed by atoms with E-state index in [2.05, 4.69) is 15.6 Å². The number of pyridine rings is 1. The molecule has 1 fully saturated rings. The molecule has 0 bridgehead atoms. The Hall–Kier alpha value is -4.56. The molecule has 2 atom stereocenters. The number of rotatable bonds is 7. The Morgan fingerprint density at radius 1 is 0.949 bits per heavy atom. The summed E-state index contributed by atoms with van der Waals surface area (Å²) in [5, 5.41) is 9.04. The molecule has 3 heterocycles. The van der Waals surface area contributed by atoms with E-state index in [9.17, 15) is 9.18 Å². The van der Waals surface area contributed by atoms with Gasteiger partial charge in [0, 0.05) is 42.1 Å². The standard InChI is InChI=1S/C31H26FN5OS/c32-23-12-3-4-15-26(23)36-19-8-16-27(36)30-29(25-13-5-6-18-33-25)35-31(39)37(30)20-17-28(38)34-24-14-7-10-21-9-1-2-11-22(21)24/h1-16,18-19,29-30H,17,20H2,(H,34,38)(H,35,39)/t29-,30+/m0/s1. The smallest absolute Gasteiger partial charge is 0.226 e. The molecule has 194 valence electrons. The predicted molar refractivity (Wildman–Crippen MR) is 155 cm³/mol. The molecular weight excluding hydrogens is 509 g/mol. The topological polar surface area (TPSA) is 62.2 Å². The van der Waals surface area contributed by atoms with E-state index >= 15 is 0 Å². The summed E-state index contributed by atoms with van der Waals surface area (Å²) in [5.41, 5.74) is 2.88. The van der Waals surface area contributed by atoms with Crippen LogP contribution in [0, 0.1) is 5.82 Å². The summed E-state index contributed by atoms with van der Waals surface area (Å²) in [6, 6.07) is 29.5. The van der Waals surface area contributed by atoms with Crippen LogP contribution in [0.15, 0.2) is 109 Å². The van der Waals surface area contributed by atoms with Crippen molar-refractivity contribution >= 4 is 39.7 Å². The van der Waals surface area contributed by atoms with Gasteiger partial charge < -0.3 is 20.1 Å². The number of hydrogen-bond donors (Lipinski definition) is 2. The lowest BCUT2D eigenvalue weighted by Gasteiger charge is -2.29. The molecule has 0 radical (unpaired) electrons. The summed E-state index contributed by atoms with van der Waals surface area (Å²) in [4.78, 5) is 19.7. The van der Waals surface area contributed by atoms with Crippen LogP contribution in [0.3, 0.4) is 0 Å². The Bertz CT molecular complexity index is 1650. The average molecular weight is 536 g/mol. The van der Waals surface area contributed by atoms with Gasteiger partial charge in [-0.3, -0.25) is 9.78 Å². The van der Waals surface area contributed by atoms with Crippen molar-refractivity contribution in [1.82, 2.24) is 19.8 Å². The highest BCUT2D eigenvalue weighted by atomic mass is 32.1. The van der Waals surface area contributed by atoms with Gasteiger partial charge in [0.25, 0.3) is 0 Å². The summed E-state index contributed by atoms with van der Waals surface area (Å²) in [7, 11) is 0. The lowest BCUT2D eigenvalue weighted by molar-refractivity contribution is -0.116. The van der Waals surface area contributed by atoms with Crippen LogP contribution < -0.4 is 10.6 Å². The van der Waals surface area contributed by atoms with E-state index in [4.69, 9.17) is 12.2 Å². The van der Waals surface area contributed by atoms with Crippen LogP contribution in [0.5, 0.6) is 0 Å². The van der Waals surface area contributed by atoms with Gasteiger partial charge in [-0.05, 0) is 60.1 Å². The number of fused-ring (bicyclic) bond motifs is 1. The number of hydrogen-bond acceptors (Lipinski definition) is 3. The largest absolute Gasteiger partial charge is 0.352 e. The number of carbonyl (C=O) groups is 1. The number of thiocarbonyl (C=S) groups is 1. The number of amides is 1. The Morgan fingerprint density at radius 2 is 1.74 bits per heavy atom. The highest BCUT2D eigenvalue weighted by molar-refractivity contribution is 7.80. The van der Waals surface area contributed by atoms with Gasteiger partial charge in [-0.15, -0.1) is 0 Å². The third-order valence-electron chi connectivity index (χ3n) is 7.04. The Balaban J connectivity index is 1.30. The first-order valence-corrected chi connectivity index (χ1v) is 13.2. The zero-order valence-corrected chi connectivity index (χ0v) is 21.8. The molecule has 0 aliphatic carbocycles. The van der Waals surface area contributed by atoms with Gasteiger partial charge in [-0.2, -0.15) is 0 Å². The maximum Gasteiger partial charge on any atom is 0.226 e. The van der Waals surface area contributed by atoms with Gasteiger partial charge >= 0.3 is 0 Å². The first-order chi connectivity index (χ1) is 19.1. The van der Waals surface area contributed by atoms with Crippen molar-refractivity contribution in [2.24, 2.45) is 0 Å². The van der Waals surface area contributed by atoms with Crippen molar-refractivity contribution in [2.45, 2.75) is 18.5 Å². The van der Waals surface area contributed by atoms with Gasteiger partial charge in [0.2, 0.25) is 5.91 Å². The fraction of sp³-hybridized carbons (Fsp3) is 0.129. The lowest BCUT2D eigenvalue weighted by Crippen LogP contribution is -2.33.